The number of nitrogens with zero attached hydrogens (tertiary/aromatic N) is 2. The molecule has 0 aliphatic rings. The summed E-state index contributed by atoms with van der Waals surface area (Å²) >= 11 is 0. The zero-order valence-corrected chi connectivity index (χ0v) is 18.5. The minimum atomic E-state index is -1.64. The van der Waals surface area contributed by atoms with Crippen LogP contribution in [0.5, 0.6) is 0 Å². The van der Waals surface area contributed by atoms with Crippen molar-refractivity contribution in [1.29, 1.82) is 0 Å². The van der Waals surface area contributed by atoms with Gasteiger partial charge in [-0.1, -0.05) is 0 Å². The number of ether oxygens (including phenoxy) is 2. The Morgan fingerprint density at radius 1 is 0.697 bits per heavy atom. The predicted octanol–water partition coefficient (Wildman–Crippen LogP) is -2.60. The van der Waals surface area contributed by atoms with Crippen LogP contribution in [-0.4, -0.2) is 70.9 Å². The fraction of sp³-hybridized carbons (Fsp3) is 0.500. The summed E-state index contributed by atoms with van der Waals surface area (Å²) < 4.78 is 8.82. The number of carbonyl (C=O) groups excluding carboxylic acids is 4. The molecule has 0 atom stereocenters. The number of hydrazone groups is 2. The standard InChI is InChI=1S/2C8H12N2O6.Co/c2*1-2-16-8(15)10-9-5(7(13)14)3-4-6(11)12;/h2*2-4H2,1H3,(H,10,15)(H,11,12)(H,13,14);/q;;+2/p-2/b2*9-5+;. The van der Waals surface area contributed by atoms with Crippen molar-refractivity contribution in [3.8, 4) is 0 Å². The van der Waals surface area contributed by atoms with Crippen molar-refractivity contribution in [3.63, 3.8) is 0 Å². The summed E-state index contributed by atoms with van der Waals surface area (Å²) in [7, 11) is 0. The molecule has 0 saturated carbocycles. The van der Waals surface area contributed by atoms with Crippen molar-refractivity contribution in [2.45, 2.75) is 39.5 Å². The molecule has 17 heteroatoms. The molecule has 16 nitrogen and oxygen atoms in total. The molecule has 0 unspecified atom stereocenters. The molecule has 0 fully saturated rings. The van der Waals surface area contributed by atoms with Gasteiger partial charge in [-0.15, -0.1) is 0 Å². The maximum absolute atomic E-state index is 10.7. The Kier molecular flexibility index (Phi) is 20.7. The molecule has 0 aromatic carbocycles. The third-order valence-electron chi connectivity index (χ3n) is 2.74. The van der Waals surface area contributed by atoms with E-state index in [2.05, 4.69) is 19.7 Å². The van der Waals surface area contributed by atoms with Gasteiger partial charge in [-0.3, -0.25) is 9.59 Å². The van der Waals surface area contributed by atoms with E-state index in [0.29, 0.717) is 0 Å². The molecule has 0 spiro atoms. The van der Waals surface area contributed by atoms with Crippen molar-refractivity contribution >= 4 is 47.5 Å². The Morgan fingerprint density at radius 2 is 1.00 bits per heavy atom. The number of hydrogen-bond acceptors (Lipinski definition) is 12. The van der Waals surface area contributed by atoms with Crippen LogP contribution >= 0.6 is 0 Å². The second-order valence-electron chi connectivity index (χ2n) is 5.14. The van der Waals surface area contributed by atoms with Crippen LogP contribution in [-0.2, 0) is 45.4 Å². The van der Waals surface area contributed by atoms with E-state index in [0.717, 1.165) is 0 Å². The van der Waals surface area contributed by atoms with E-state index in [9.17, 15) is 39.0 Å². The first-order valence-electron chi connectivity index (χ1n) is 8.79. The number of carboxylic acid groups (broad SMARTS) is 4. The van der Waals surface area contributed by atoms with Crippen molar-refractivity contribution < 1.29 is 75.4 Å². The zero-order valence-electron chi connectivity index (χ0n) is 17.4. The average molecular weight is 521 g/mol. The fourth-order valence-corrected chi connectivity index (χ4v) is 1.41. The van der Waals surface area contributed by atoms with E-state index in [1.54, 1.807) is 24.7 Å². The van der Waals surface area contributed by atoms with Crippen LogP contribution in [0.2, 0.25) is 0 Å². The smallest absolute Gasteiger partial charge is 0.543 e. The molecule has 0 aromatic heterocycles. The SMILES string of the molecule is CCOC(=O)N/N=C(\CCC(=O)O)C(=O)[O-].CCOC(=O)N/N=C(\CCC(=O)O)C(=O)[O-].[Co+2]. The number of carboxylic acids is 4. The molecule has 0 bridgehead atoms. The minimum Gasteiger partial charge on any atom is -0.543 e. The Bertz CT molecular complexity index is 692. The molecule has 0 heterocycles. The van der Waals surface area contributed by atoms with Crippen LogP contribution in [0.15, 0.2) is 10.2 Å². The molecule has 4 N–H and O–H groups in total. The van der Waals surface area contributed by atoms with Gasteiger partial charge in [0.2, 0.25) is 0 Å². The third-order valence-corrected chi connectivity index (χ3v) is 2.74. The largest absolute Gasteiger partial charge is 2.00 e. The van der Waals surface area contributed by atoms with Gasteiger partial charge in [-0.25, -0.2) is 20.4 Å². The summed E-state index contributed by atoms with van der Waals surface area (Å²) in [6, 6.07) is 0. The van der Waals surface area contributed by atoms with E-state index >= 15 is 0 Å². The van der Waals surface area contributed by atoms with E-state index in [1.807, 2.05) is 0 Å². The van der Waals surface area contributed by atoms with Gasteiger partial charge in [0.15, 0.2) is 0 Å². The van der Waals surface area contributed by atoms with Gasteiger partial charge in [-0.05, 0) is 13.8 Å². The quantitative estimate of drug-likeness (QED) is 0.152. The molecule has 1 radical (unpaired) electrons. The second-order valence-corrected chi connectivity index (χ2v) is 5.14. The van der Waals surface area contributed by atoms with Crippen LogP contribution in [0.25, 0.3) is 0 Å². The van der Waals surface area contributed by atoms with E-state index in [4.69, 9.17) is 10.2 Å². The molecule has 187 valence electrons. The Hall–Kier alpha value is -3.73. The van der Waals surface area contributed by atoms with Gasteiger partial charge < -0.3 is 39.5 Å². The van der Waals surface area contributed by atoms with Gasteiger partial charge in [0.05, 0.1) is 49.4 Å². The molecule has 0 saturated heterocycles. The second kappa shape index (κ2) is 20.2. The van der Waals surface area contributed by atoms with Crippen LogP contribution in [0.3, 0.4) is 0 Å². The molecule has 0 aromatic rings. The molecule has 2 amide bonds. The maximum atomic E-state index is 10.7. The van der Waals surface area contributed by atoms with Gasteiger partial charge in [0.1, 0.15) is 0 Å². The fourth-order valence-electron chi connectivity index (χ4n) is 1.41. The van der Waals surface area contributed by atoms with Crippen LogP contribution in [0, 0.1) is 0 Å². The normalized spacial score (nSPS) is 10.4. The summed E-state index contributed by atoms with van der Waals surface area (Å²) in [5.74, 6) is -5.63. The summed E-state index contributed by atoms with van der Waals surface area (Å²) in [5, 5.41) is 43.9. The van der Waals surface area contributed by atoms with Gasteiger partial charge >= 0.3 is 40.9 Å². The molecule has 0 rings (SSSR count). The molecular weight excluding hydrogens is 499 g/mol. The number of hydrogen-bond donors (Lipinski definition) is 4. The number of nitrogens with one attached hydrogen (secondary N) is 2. The van der Waals surface area contributed by atoms with Crippen molar-refractivity contribution in [2.75, 3.05) is 13.2 Å². The van der Waals surface area contributed by atoms with Crippen LogP contribution < -0.4 is 21.1 Å². The first-order valence-corrected chi connectivity index (χ1v) is 8.79. The van der Waals surface area contributed by atoms with Crippen molar-refractivity contribution in [2.24, 2.45) is 10.2 Å². The van der Waals surface area contributed by atoms with Gasteiger partial charge in [0.25, 0.3) is 0 Å². The summed E-state index contributed by atoms with van der Waals surface area (Å²) in [6.45, 7) is 3.34. The molecule has 33 heavy (non-hydrogen) atoms. The van der Waals surface area contributed by atoms with E-state index in [-0.39, 0.29) is 42.8 Å². The molecule has 0 aliphatic carbocycles. The maximum Gasteiger partial charge on any atom is 2.00 e. The van der Waals surface area contributed by atoms with E-state index < -0.39 is 60.3 Å². The summed E-state index contributed by atoms with van der Waals surface area (Å²) in [6.07, 6.45) is -3.36. The van der Waals surface area contributed by atoms with Gasteiger partial charge in [0, 0.05) is 12.8 Å². The Morgan fingerprint density at radius 3 is 1.21 bits per heavy atom. The summed E-state index contributed by atoms with van der Waals surface area (Å²) in [4.78, 5) is 62.8. The van der Waals surface area contributed by atoms with Crippen molar-refractivity contribution in [1.82, 2.24) is 10.9 Å². The van der Waals surface area contributed by atoms with Crippen LogP contribution in [0.1, 0.15) is 39.5 Å². The average Bonchev–Trinajstić information content (AvgIpc) is 2.67. The minimum absolute atomic E-state index is 0. The summed E-state index contributed by atoms with van der Waals surface area (Å²) in [5.41, 5.74) is 2.48. The number of rotatable bonds is 12. The molecule has 0 aliphatic heterocycles. The zero-order chi connectivity index (χ0) is 25.1. The Labute approximate surface area is 197 Å². The number of aliphatic carboxylic acids is 4. The van der Waals surface area contributed by atoms with Crippen molar-refractivity contribution in [3.05, 3.63) is 0 Å². The Balaban J connectivity index is -0.000000529. The number of carbonyl (C=O) groups is 6. The van der Waals surface area contributed by atoms with E-state index in [1.165, 1.54) is 0 Å². The number of amides is 2. The monoisotopic (exact) mass is 521 g/mol. The third kappa shape index (κ3) is 21.3. The topological polar surface area (TPSA) is 256 Å². The molecular formula is C16H22CoN4O12. The first kappa shape index (κ1) is 33.9. The van der Waals surface area contributed by atoms with Crippen LogP contribution in [0.4, 0.5) is 9.59 Å². The predicted molar refractivity (Wildman–Crippen MR) is 98.9 cm³/mol. The first-order chi connectivity index (χ1) is 14.9. The van der Waals surface area contributed by atoms with Gasteiger partial charge in [-0.2, -0.15) is 10.2 Å².